The quantitative estimate of drug-likeness (QED) is 0.518. The Balaban J connectivity index is 2.09. The van der Waals surface area contributed by atoms with Gasteiger partial charge >= 0.3 is 6.03 Å². The Bertz CT molecular complexity index is 908. The second-order valence-electron chi connectivity index (χ2n) is 5.82. The number of aromatic nitrogens is 1. The summed E-state index contributed by atoms with van der Waals surface area (Å²) in [6.07, 6.45) is 5.89. The minimum absolute atomic E-state index is 0.0485. The van der Waals surface area contributed by atoms with Gasteiger partial charge in [-0.05, 0) is 18.6 Å². The monoisotopic (exact) mass is 337 g/mol. The van der Waals surface area contributed by atoms with Gasteiger partial charge in [0, 0.05) is 35.8 Å². The summed E-state index contributed by atoms with van der Waals surface area (Å²) < 4.78 is 2.10. The second kappa shape index (κ2) is 6.76. The third-order valence-electron chi connectivity index (χ3n) is 4.08. The molecular weight excluding hydrogens is 318 g/mol. The Morgan fingerprint density at radius 1 is 1.20 bits per heavy atom. The molecule has 2 aromatic rings. The van der Waals surface area contributed by atoms with Gasteiger partial charge in [0.05, 0.1) is 0 Å². The van der Waals surface area contributed by atoms with Crippen molar-refractivity contribution in [2.24, 2.45) is 0 Å². The number of hydrogen-bond acceptors (Lipinski definition) is 3. The highest BCUT2D eigenvalue weighted by Gasteiger charge is 2.35. The highest BCUT2D eigenvalue weighted by atomic mass is 16.2. The van der Waals surface area contributed by atoms with Gasteiger partial charge in [0.1, 0.15) is 5.57 Å². The number of urea groups is 1. The first-order valence-electron chi connectivity index (χ1n) is 8.14. The predicted molar refractivity (Wildman–Crippen MR) is 95.7 cm³/mol. The van der Waals surface area contributed by atoms with Crippen LogP contribution >= 0.6 is 0 Å². The smallest absolute Gasteiger partial charge is 0.331 e. The number of nitrogens with one attached hydrogen (secondary N) is 1. The lowest BCUT2D eigenvalue weighted by molar-refractivity contribution is -0.129. The molecule has 1 aromatic carbocycles. The van der Waals surface area contributed by atoms with Gasteiger partial charge in [-0.25, -0.2) is 4.79 Å². The predicted octanol–water partition coefficient (Wildman–Crippen LogP) is 2.70. The second-order valence-corrected chi connectivity index (χ2v) is 5.82. The summed E-state index contributed by atoms with van der Waals surface area (Å²) in [7, 11) is 0. The van der Waals surface area contributed by atoms with Crippen LogP contribution in [0.2, 0.25) is 0 Å². The van der Waals surface area contributed by atoms with Crippen LogP contribution in [0.4, 0.5) is 4.79 Å². The normalized spacial score (nSPS) is 16.6. The molecule has 1 fully saturated rings. The van der Waals surface area contributed by atoms with E-state index in [-0.39, 0.29) is 12.1 Å². The van der Waals surface area contributed by atoms with Crippen LogP contribution in [-0.4, -0.2) is 33.9 Å². The average molecular weight is 337 g/mol. The van der Waals surface area contributed by atoms with Gasteiger partial charge in [0.25, 0.3) is 11.8 Å². The molecule has 1 aliphatic rings. The fraction of sp³-hybridized carbons (Fsp3) is 0.211. The number of rotatable bonds is 5. The van der Waals surface area contributed by atoms with E-state index in [9.17, 15) is 14.4 Å². The summed E-state index contributed by atoms with van der Waals surface area (Å²) in [5.41, 5.74) is 1.76. The lowest BCUT2D eigenvalue weighted by atomic mass is 10.1. The van der Waals surface area contributed by atoms with E-state index in [1.165, 1.54) is 6.08 Å². The van der Waals surface area contributed by atoms with Gasteiger partial charge in [-0.2, -0.15) is 0 Å². The largest absolute Gasteiger partial charge is 0.347 e. The number of fused-ring (bicyclic) bond motifs is 1. The maximum Gasteiger partial charge on any atom is 0.331 e. The molecule has 0 aliphatic carbocycles. The van der Waals surface area contributed by atoms with Crippen molar-refractivity contribution in [3.05, 3.63) is 54.3 Å². The van der Waals surface area contributed by atoms with Gasteiger partial charge < -0.3 is 4.57 Å². The standard InChI is InChI=1S/C19H19N3O3/c1-3-9-21-12-13(14-7-5-6-8-16(14)21)11-15-17(23)20-19(25)22(10-4-2)18(15)24/h4-8,11-12H,2-3,9-10H2,1H3,(H,20,23,25). The molecule has 0 spiro atoms. The molecule has 1 saturated heterocycles. The molecule has 3 rings (SSSR count). The van der Waals surface area contributed by atoms with E-state index in [2.05, 4.69) is 23.4 Å². The highest BCUT2D eigenvalue weighted by molar-refractivity contribution is 6.31. The van der Waals surface area contributed by atoms with E-state index < -0.39 is 17.8 Å². The lowest BCUT2D eigenvalue weighted by Crippen LogP contribution is -2.54. The number of hydrogen-bond donors (Lipinski definition) is 1. The Morgan fingerprint density at radius 2 is 1.96 bits per heavy atom. The molecule has 0 radical (unpaired) electrons. The summed E-state index contributed by atoms with van der Waals surface area (Å²) >= 11 is 0. The van der Waals surface area contributed by atoms with Crippen LogP contribution in [0, 0.1) is 0 Å². The van der Waals surface area contributed by atoms with Crippen LogP contribution < -0.4 is 5.32 Å². The molecule has 2 heterocycles. The van der Waals surface area contributed by atoms with Crippen molar-refractivity contribution < 1.29 is 14.4 Å². The van der Waals surface area contributed by atoms with E-state index in [0.29, 0.717) is 0 Å². The molecule has 6 nitrogen and oxygen atoms in total. The molecule has 4 amide bonds. The molecule has 25 heavy (non-hydrogen) atoms. The number of benzene rings is 1. The van der Waals surface area contributed by atoms with E-state index in [1.54, 1.807) is 6.08 Å². The van der Waals surface area contributed by atoms with Gasteiger partial charge in [-0.1, -0.05) is 31.2 Å². The van der Waals surface area contributed by atoms with Gasteiger partial charge in [-0.3, -0.25) is 19.8 Å². The third-order valence-corrected chi connectivity index (χ3v) is 4.08. The number of carbonyl (C=O) groups excluding carboxylic acids is 3. The molecule has 1 aliphatic heterocycles. The number of nitrogens with zero attached hydrogens (tertiary/aromatic N) is 2. The van der Waals surface area contributed by atoms with Crippen LogP contribution in [0.25, 0.3) is 17.0 Å². The summed E-state index contributed by atoms with van der Waals surface area (Å²) in [5.74, 6) is -1.29. The van der Waals surface area contributed by atoms with Crippen LogP contribution in [0.1, 0.15) is 18.9 Å². The molecule has 0 saturated carbocycles. The summed E-state index contributed by atoms with van der Waals surface area (Å²) in [5, 5.41) is 3.15. The zero-order valence-electron chi connectivity index (χ0n) is 14.0. The number of carbonyl (C=O) groups is 3. The maximum atomic E-state index is 12.5. The fourth-order valence-electron chi connectivity index (χ4n) is 2.96. The van der Waals surface area contributed by atoms with Crippen molar-refractivity contribution >= 4 is 34.8 Å². The van der Waals surface area contributed by atoms with Gasteiger partial charge in [0.2, 0.25) is 0 Å². The van der Waals surface area contributed by atoms with Crippen LogP contribution in [0.5, 0.6) is 0 Å². The number of aryl methyl sites for hydroxylation is 1. The number of barbiturate groups is 1. The minimum atomic E-state index is -0.722. The molecule has 128 valence electrons. The molecule has 6 heteroatoms. The molecular formula is C19H19N3O3. The van der Waals surface area contributed by atoms with Crippen LogP contribution in [0.3, 0.4) is 0 Å². The maximum absolute atomic E-state index is 12.5. The topological polar surface area (TPSA) is 71.4 Å². The fourth-order valence-corrected chi connectivity index (χ4v) is 2.96. The van der Waals surface area contributed by atoms with Crippen LogP contribution in [-0.2, 0) is 16.1 Å². The van der Waals surface area contributed by atoms with Crippen LogP contribution in [0.15, 0.2) is 48.7 Å². The average Bonchev–Trinajstić information content (AvgIpc) is 2.94. The minimum Gasteiger partial charge on any atom is -0.347 e. The van der Waals surface area contributed by atoms with Crippen molar-refractivity contribution in [2.75, 3.05) is 6.54 Å². The Hall–Kier alpha value is -3.15. The Labute approximate surface area is 145 Å². The first-order valence-corrected chi connectivity index (χ1v) is 8.14. The summed E-state index contributed by atoms with van der Waals surface area (Å²) in [6, 6.07) is 7.10. The van der Waals surface area contributed by atoms with Gasteiger partial charge in [-0.15, -0.1) is 6.58 Å². The zero-order valence-corrected chi connectivity index (χ0v) is 14.0. The first-order chi connectivity index (χ1) is 12.1. The van der Waals surface area contributed by atoms with Crippen molar-refractivity contribution in [3.8, 4) is 0 Å². The Morgan fingerprint density at radius 3 is 2.68 bits per heavy atom. The number of amides is 4. The van der Waals surface area contributed by atoms with E-state index in [0.717, 1.165) is 34.3 Å². The highest BCUT2D eigenvalue weighted by Crippen LogP contribution is 2.25. The molecule has 1 aromatic heterocycles. The van der Waals surface area contributed by atoms with Gasteiger partial charge in [0.15, 0.2) is 0 Å². The summed E-state index contributed by atoms with van der Waals surface area (Å²) in [6.45, 7) is 6.51. The molecule has 0 atom stereocenters. The van der Waals surface area contributed by atoms with E-state index in [1.807, 2.05) is 30.5 Å². The lowest BCUT2D eigenvalue weighted by Gasteiger charge is -2.25. The molecule has 1 N–H and O–H groups in total. The third kappa shape index (κ3) is 2.98. The van der Waals surface area contributed by atoms with E-state index in [4.69, 9.17) is 0 Å². The summed E-state index contributed by atoms with van der Waals surface area (Å²) in [4.78, 5) is 37.5. The Kier molecular flexibility index (Phi) is 4.52. The molecule has 0 unspecified atom stereocenters. The van der Waals surface area contributed by atoms with Crippen molar-refractivity contribution in [1.82, 2.24) is 14.8 Å². The molecule has 0 bridgehead atoms. The number of para-hydroxylation sites is 1. The van der Waals surface area contributed by atoms with E-state index >= 15 is 0 Å². The van der Waals surface area contributed by atoms with Crippen molar-refractivity contribution in [1.29, 1.82) is 0 Å². The van der Waals surface area contributed by atoms with Crippen molar-refractivity contribution in [2.45, 2.75) is 19.9 Å². The zero-order chi connectivity index (χ0) is 18.0. The SMILES string of the molecule is C=CCN1C(=O)NC(=O)C(=Cc2cn(CCC)c3ccccc23)C1=O. The van der Waals surface area contributed by atoms with Crippen molar-refractivity contribution in [3.63, 3.8) is 0 Å². The first kappa shape index (κ1) is 16.7. The number of imide groups is 2.